The lowest BCUT2D eigenvalue weighted by Gasteiger charge is -2.34. The summed E-state index contributed by atoms with van der Waals surface area (Å²) in [5, 5.41) is 9.64. The molecule has 3 heterocycles. The Bertz CT molecular complexity index is 913. The van der Waals surface area contributed by atoms with Gasteiger partial charge >= 0.3 is 0 Å². The van der Waals surface area contributed by atoms with E-state index in [9.17, 15) is 23.1 Å². The highest BCUT2D eigenvalue weighted by Gasteiger charge is 2.30. The highest BCUT2D eigenvalue weighted by molar-refractivity contribution is 5.83. The first-order chi connectivity index (χ1) is 13.8. The number of carbonyl (C=O) groups is 1. The molecule has 0 unspecified atom stereocenters. The van der Waals surface area contributed by atoms with Gasteiger partial charge in [-0.1, -0.05) is 0 Å². The molecule has 2 fully saturated rings. The van der Waals surface area contributed by atoms with Gasteiger partial charge in [0, 0.05) is 38.3 Å². The minimum Gasteiger partial charge on any atom is -0.393 e. The second-order valence-corrected chi connectivity index (χ2v) is 7.78. The molecule has 2 atom stereocenters. The van der Waals surface area contributed by atoms with E-state index >= 15 is 0 Å². The summed E-state index contributed by atoms with van der Waals surface area (Å²) in [5.74, 6) is -1.91. The highest BCUT2D eigenvalue weighted by Crippen LogP contribution is 2.28. The molecular weight excluding hydrogens is 387 g/mol. The number of piperidine rings is 2. The largest absolute Gasteiger partial charge is 0.393 e. The molecule has 158 valence electrons. The van der Waals surface area contributed by atoms with Crippen molar-refractivity contribution in [2.24, 2.45) is 5.73 Å². The van der Waals surface area contributed by atoms with Crippen molar-refractivity contribution in [1.82, 2.24) is 14.5 Å². The number of halogens is 3. The van der Waals surface area contributed by atoms with Gasteiger partial charge in [-0.25, -0.2) is 18.2 Å². The normalized spacial score (nSPS) is 23.8. The number of rotatable bonds is 3. The Kier molecular flexibility index (Phi) is 5.39. The number of fused-ring (bicyclic) bond motifs is 1. The van der Waals surface area contributed by atoms with Gasteiger partial charge in [0.15, 0.2) is 11.6 Å². The Morgan fingerprint density at radius 2 is 1.86 bits per heavy atom. The van der Waals surface area contributed by atoms with Crippen molar-refractivity contribution in [2.75, 3.05) is 31.1 Å². The number of hydrogen-bond donors (Lipinski definition) is 2. The number of hydrogen-bond acceptors (Lipinski definition) is 5. The van der Waals surface area contributed by atoms with Crippen LogP contribution in [0.4, 0.5) is 19.1 Å². The zero-order valence-electron chi connectivity index (χ0n) is 15.9. The van der Waals surface area contributed by atoms with Crippen molar-refractivity contribution >= 4 is 22.9 Å². The molecule has 1 amide bonds. The van der Waals surface area contributed by atoms with Gasteiger partial charge < -0.3 is 25.2 Å². The third-order valence-corrected chi connectivity index (χ3v) is 5.73. The van der Waals surface area contributed by atoms with Crippen LogP contribution >= 0.6 is 0 Å². The predicted molar refractivity (Wildman–Crippen MR) is 101 cm³/mol. The number of imidazole rings is 1. The molecule has 10 heteroatoms. The number of carbonyl (C=O) groups excluding carboxylic acids is 1. The number of amides is 1. The third-order valence-electron chi connectivity index (χ3n) is 5.73. The summed E-state index contributed by atoms with van der Waals surface area (Å²) in [6.07, 6.45) is -0.320. The first-order valence-electron chi connectivity index (χ1n) is 9.79. The Hall–Kier alpha value is -2.33. The minimum atomic E-state index is -1.12. The summed E-state index contributed by atoms with van der Waals surface area (Å²) >= 11 is 0. The summed E-state index contributed by atoms with van der Waals surface area (Å²) in [7, 11) is 0. The molecule has 1 aromatic heterocycles. The van der Waals surface area contributed by atoms with Crippen LogP contribution in [0.25, 0.3) is 11.0 Å². The minimum absolute atomic E-state index is 0.113. The van der Waals surface area contributed by atoms with Gasteiger partial charge in [-0.15, -0.1) is 0 Å². The number of aliphatic hydroxyl groups is 1. The summed E-state index contributed by atoms with van der Waals surface area (Å²) in [6.45, 7) is 1.29. The van der Waals surface area contributed by atoms with Crippen molar-refractivity contribution in [3.63, 3.8) is 0 Å². The van der Waals surface area contributed by atoms with Crippen LogP contribution in [0.1, 0.15) is 19.3 Å². The fourth-order valence-electron chi connectivity index (χ4n) is 3.99. The molecule has 3 N–H and O–H groups in total. The van der Waals surface area contributed by atoms with Crippen molar-refractivity contribution < 1.29 is 23.1 Å². The molecule has 7 nitrogen and oxygen atoms in total. The molecule has 2 aromatic rings. The van der Waals surface area contributed by atoms with Gasteiger partial charge in [0.05, 0.1) is 23.2 Å². The van der Waals surface area contributed by atoms with E-state index in [1.54, 1.807) is 9.80 Å². The van der Waals surface area contributed by atoms with E-state index in [4.69, 9.17) is 5.73 Å². The monoisotopic (exact) mass is 411 g/mol. The van der Waals surface area contributed by atoms with Crippen LogP contribution in [0.15, 0.2) is 12.1 Å². The Morgan fingerprint density at radius 1 is 1.17 bits per heavy atom. The van der Waals surface area contributed by atoms with Crippen LogP contribution in [0.3, 0.4) is 0 Å². The second-order valence-electron chi connectivity index (χ2n) is 7.78. The molecule has 0 spiro atoms. The van der Waals surface area contributed by atoms with E-state index in [2.05, 4.69) is 4.98 Å². The SMILES string of the molecule is N[C@@H]1CN(c2nc3cc(F)c(F)cc3n2CC(=O)N2CCC(O)CC2)CC[C@H]1F. The van der Waals surface area contributed by atoms with Crippen LogP contribution in [-0.2, 0) is 11.3 Å². The number of anilines is 1. The van der Waals surface area contributed by atoms with E-state index < -0.39 is 30.0 Å². The van der Waals surface area contributed by atoms with Gasteiger partial charge in [0.25, 0.3) is 0 Å². The van der Waals surface area contributed by atoms with Crippen molar-refractivity contribution in [3.8, 4) is 0 Å². The molecule has 0 radical (unpaired) electrons. The van der Waals surface area contributed by atoms with Gasteiger partial charge in [-0.2, -0.15) is 0 Å². The average molecular weight is 411 g/mol. The smallest absolute Gasteiger partial charge is 0.242 e. The number of nitrogens with zero attached hydrogens (tertiary/aromatic N) is 4. The summed E-state index contributed by atoms with van der Waals surface area (Å²) in [5.41, 5.74) is 6.37. The molecule has 2 saturated heterocycles. The zero-order chi connectivity index (χ0) is 20.7. The van der Waals surface area contributed by atoms with Crippen LogP contribution in [-0.4, -0.2) is 70.0 Å². The maximum absolute atomic E-state index is 13.9. The average Bonchev–Trinajstić information content (AvgIpc) is 3.02. The summed E-state index contributed by atoms with van der Waals surface area (Å²) in [4.78, 5) is 20.6. The zero-order valence-corrected chi connectivity index (χ0v) is 15.9. The molecule has 0 saturated carbocycles. The molecule has 29 heavy (non-hydrogen) atoms. The van der Waals surface area contributed by atoms with Crippen molar-refractivity contribution in [1.29, 1.82) is 0 Å². The van der Waals surface area contributed by atoms with Gasteiger partial charge in [-0.3, -0.25) is 4.79 Å². The van der Waals surface area contributed by atoms with E-state index in [0.29, 0.717) is 43.9 Å². The highest BCUT2D eigenvalue weighted by atomic mass is 19.2. The third kappa shape index (κ3) is 3.91. The van der Waals surface area contributed by atoms with Gasteiger partial charge in [0.1, 0.15) is 12.7 Å². The maximum atomic E-state index is 13.9. The lowest BCUT2D eigenvalue weighted by molar-refractivity contribution is -0.133. The van der Waals surface area contributed by atoms with E-state index in [1.165, 1.54) is 4.57 Å². The quantitative estimate of drug-likeness (QED) is 0.792. The maximum Gasteiger partial charge on any atom is 0.242 e. The second kappa shape index (κ2) is 7.83. The summed E-state index contributed by atoms with van der Waals surface area (Å²) in [6, 6.07) is 1.31. The molecule has 2 aliphatic heterocycles. The lowest BCUT2D eigenvalue weighted by atomic mass is 10.1. The standard InChI is InChI=1S/C19H24F3N5O2/c20-12-3-6-26(9-15(12)23)19-24-16-7-13(21)14(22)8-17(16)27(19)10-18(29)25-4-1-11(28)2-5-25/h7-8,11-12,15,28H,1-6,9-10,23H2/t12-,15-/m1/s1. The molecular formula is C19H24F3N5O2. The Balaban J connectivity index is 1.68. The fourth-order valence-corrected chi connectivity index (χ4v) is 3.99. The number of benzene rings is 1. The molecule has 2 aliphatic rings. The number of alkyl halides is 1. The Labute approximate surface area is 165 Å². The topological polar surface area (TPSA) is 87.6 Å². The van der Waals surface area contributed by atoms with Crippen LogP contribution < -0.4 is 10.6 Å². The first kappa shape index (κ1) is 20.0. The van der Waals surface area contributed by atoms with Gasteiger partial charge in [-0.05, 0) is 19.3 Å². The number of aromatic nitrogens is 2. The summed E-state index contributed by atoms with van der Waals surface area (Å²) < 4.78 is 43.0. The van der Waals surface area contributed by atoms with Crippen molar-refractivity contribution in [3.05, 3.63) is 23.8 Å². The molecule has 4 rings (SSSR count). The number of likely N-dealkylation sites (tertiary alicyclic amines) is 1. The van der Waals surface area contributed by atoms with E-state index in [0.717, 1.165) is 12.1 Å². The van der Waals surface area contributed by atoms with Gasteiger partial charge in [0.2, 0.25) is 11.9 Å². The van der Waals surface area contributed by atoms with Crippen LogP contribution in [0, 0.1) is 11.6 Å². The Morgan fingerprint density at radius 3 is 2.55 bits per heavy atom. The lowest BCUT2D eigenvalue weighted by Crippen LogP contribution is -2.50. The first-order valence-corrected chi connectivity index (χ1v) is 9.79. The fraction of sp³-hybridized carbons (Fsp3) is 0.579. The predicted octanol–water partition coefficient (Wildman–Crippen LogP) is 1.17. The molecule has 0 aliphatic carbocycles. The van der Waals surface area contributed by atoms with Crippen LogP contribution in [0.5, 0.6) is 0 Å². The van der Waals surface area contributed by atoms with Crippen LogP contribution in [0.2, 0.25) is 0 Å². The number of aliphatic hydroxyl groups excluding tert-OH is 1. The molecule has 1 aromatic carbocycles. The molecule has 0 bridgehead atoms. The van der Waals surface area contributed by atoms with Crippen molar-refractivity contribution in [2.45, 2.75) is 44.1 Å². The van der Waals surface area contributed by atoms with E-state index in [-0.39, 0.29) is 30.9 Å². The number of nitrogens with two attached hydrogens (primary N) is 1. The van der Waals surface area contributed by atoms with E-state index in [1.807, 2.05) is 0 Å².